The summed E-state index contributed by atoms with van der Waals surface area (Å²) >= 11 is 3.42. The van der Waals surface area contributed by atoms with Crippen LogP contribution in [0.3, 0.4) is 0 Å². The number of halogens is 2. The van der Waals surface area contributed by atoms with E-state index in [9.17, 15) is 0 Å². The fourth-order valence-electron chi connectivity index (χ4n) is 8.44. The van der Waals surface area contributed by atoms with E-state index in [0.717, 1.165) is 6.42 Å². The Labute approximate surface area is 322 Å². The zero-order chi connectivity index (χ0) is 32.7. The zero-order valence-electron chi connectivity index (χ0n) is 30.0. The van der Waals surface area contributed by atoms with Gasteiger partial charge in [0, 0.05) is 0 Å². The molecule has 4 aliphatic rings. The molecular formula is C44H50Cl2SZr-2. The maximum atomic E-state index is 3.27. The fourth-order valence-corrected chi connectivity index (χ4v) is 9.96. The predicted molar refractivity (Wildman–Crippen MR) is 199 cm³/mol. The number of fused-ring (bicyclic) bond motifs is 8. The molecule has 4 heteroatoms. The molecule has 0 N–H and O–H groups in total. The molecule has 3 aromatic carbocycles. The van der Waals surface area contributed by atoms with Gasteiger partial charge in [0.1, 0.15) is 0 Å². The molecule has 0 nitrogen and oxygen atoms in total. The summed E-state index contributed by atoms with van der Waals surface area (Å²) in [5.74, 6) is 3.94. The third kappa shape index (κ3) is 7.22. The number of hydrogen-bond acceptors (Lipinski definition) is 1. The molecule has 48 heavy (non-hydrogen) atoms. The molecular weight excluding hydrogens is 723 g/mol. The second-order valence-corrected chi connectivity index (χ2v) is 16.8. The minimum absolute atomic E-state index is 0. The summed E-state index contributed by atoms with van der Waals surface area (Å²) in [5.41, 5.74) is 16.3. The van der Waals surface area contributed by atoms with Gasteiger partial charge in [-0.2, -0.15) is 40.5 Å². The first-order valence-electron chi connectivity index (χ1n) is 17.5. The van der Waals surface area contributed by atoms with Crippen molar-refractivity contribution in [3.8, 4) is 11.1 Å². The summed E-state index contributed by atoms with van der Waals surface area (Å²) < 4.78 is 1.80. The molecule has 4 unspecified atom stereocenters. The van der Waals surface area contributed by atoms with E-state index in [0.29, 0.717) is 23.7 Å². The number of aryl methyl sites for hydroxylation is 1. The van der Waals surface area contributed by atoms with Gasteiger partial charge in [-0.1, -0.05) is 112 Å². The van der Waals surface area contributed by atoms with Gasteiger partial charge >= 0.3 is 59.5 Å². The molecule has 0 aliphatic heterocycles. The Morgan fingerprint density at radius 1 is 0.854 bits per heavy atom. The van der Waals surface area contributed by atoms with Crippen molar-refractivity contribution in [2.45, 2.75) is 106 Å². The monoisotopic (exact) mass is 770 g/mol. The minimum atomic E-state index is 0. The van der Waals surface area contributed by atoms with Crippen molar-refractivity contribution >= 4 is 30.9 Å². The fraction of sp³-hybridized carbons (Fsp3) is 0.409. The quantitative estimate of drug-likeness (QED) is 0.187. The zero-order valence-corrected chi connectivity index (χ0v) is 34.8. The van der Waals surface area contributed by atoms with Crippen molar-refractivity contribution < 1.29 is 49.0 Å². The standard InChI is InChI=1S/C29H33.C9H7S.C6H10.2ClH.Zr/c1-14-13-24-25(18(5)15(14)2)21(8)28-27-20(7)17(4)16(3)19(6)26(27)22-11-9-10-12-23(22)29(24)28;1-2-4-8(3-1)9-5-6-10-7-9;1-2-4-6-5-3-1;;;/h9-13,16-17,19,21H,1-8H3;1,3,5-7H,2H2;1-5H2;2*1H;/q2*-1;;;;+2/p-2. The van der Waals surface area contributed by atoms with E-state index in [4.69, 9.17) is 0 Å². The Hall–Kier alpha value is -1.70. The van der Waals surface area contributed by atoms with Gasteiger partial charge in [-0.25, -0.2) is 0 Å². The molecule has 4 atom stereocenters. The Bertz CT molecular complexity index is 1820. The van der Waals surface area contributed by atoms with Gasteiger partial charge in [-0.3, -0.25) is 0 Å². The van der Waals surface area contributed by atoms with E-state index in [1.54, 1.807) is 66.9 Å². The number of rotatable bonds is 1. The number of hydrogen-bond donors (Lipinski definition) is 0. The average Bonchev–Trinajstić information content (AvgIpc) is 3.84. The van der Waals surface area contributed by atoms with Gasteiger partial charge in [-0.15, -0.1) is 22.8 Å². The molecule has 0 amide bonds. The maximum absolute atomic E-state index is 3.27. The summed E-state index contributed by atoms with van der Waals surface area (Å²) in [6.07, 6.45) is 15.8. The first-order chi connectivity index (χ1) is 22.1. The molecule has 8 rings (SSSR count). The first kappa shape index (κ1) is 39.1. The van der Waals surface area contributed by atoms with Crippen molar-refractivity contribution in [1.82, 2.24) is 0 Å². The molecule has 0 bridgehead atoms. The third-order valence-corrected chi connectivity index (χ3v) is 13.6. The second kappa shape index (κ2) is 16.5. The van der Waals surface area contributed by atoms with E-state index in [1.807, 2.05) is 0 Å². The van der Waals surface area contributed by atoms with Gasteiger partial charge in [0.05, 0.1) is 0 Å². The van der Waals surface area contributed by atoms with Crippen LogP contribution < -0.4 is 24.8 Å². The molecule has 0 saturated heterocycles. The van der Waals surface area contributed by atoms with E-state index in [2.05, 4.69) is 121 Å². The predicted octanol–water partition coefficient (Wildman–Crippen LogP) is 6.80. The Morgan fingerprint density at radius 3 is 2.12 bits per heavy atom. The molecule has 0 radical (unpaired) electrons. The van der Waals surface area contributed by atoms with Crippen LogP contribution in [0, 0.1) is 44.6 Å². The topological polar surface area (TPSA) is 0 Å². The van der Waals surface area contributed by atoms with Crippen LogP contribution >= 0.6 is 11.3 Å². The van der Waals surface area contributed by atoms with Crippen LogP contribution in [-0.2, 0) is 24.2 Å². The number of benzene rings is 3. The number of thiophene rings is 1. The number of allylic oxidation sites excluding steroid dienone is 4. The van der Waals surface area contributed by atoms with Gasteiger partial charge in [0.25, 0.3) is 0 Å². The second-order valence-electron chi connectivity index (χ2n) is 14.2. The summed E-state index contributed by atoms with van der Waals surface area (Å²) in [4.78, 5) is 0. The van der Waals surface area contributed by atoms with Crippen molar-refractivity contribution in [1.29, 1.82) is 0 Å². The first-order valence-corrected chi connectivity index (χ1v) is 19.7. The Morgan fingerprint density at radius 2 is 1.54 bits per heavy atom. The van der Waals surface area contributed by atoms with Crippen molar-refractivity contribution in [3.63, 3.8) is 0 Å². The Kier molecular flexibility index (Phi) is 13.5. The van der Waals surface area contributed by atoms with Gasteiger partial charge in [-0.05, 0) is 65.3 Å². The van der Waals surface area contributed by atoms with E-state index < -0.39 is 0 Å². The SMILES string of the molecule is Cc1cc2c(c(C)c1C)C(C)c1c3c(c4ccccc4c1-2)C(C)C(C)C(C)[C-]3C.[C-]1=C(c2ccsc2)C=CC1.[Cl-].[Cl-].[Zr+2]=[C]1CCCCC1. The third-order valence-electron chi connectivity index (χ3n) is 11.7. The van der Waals surface area contributed by atoms with Crippen molar-refractivity contribution in [3.05, 3.63) is 116 Å². The molecule has 252 valence electrons. The Balaban J connectivity index is 0.000000224. The summed E-state index contributed by atoms with van der Waals surface area (Å²) in [6.45, 7) is 19.1. The molecule has 4 aliphatic carbocycles. The molecule has 1 saturated carbocycles. The van der Waals surface area contributed by atoms with Gasteiger partial charge in [0.15, 0.2) is 0 Å². The van der Waals surface area contributed by atoms with E-state index in [-0.39, 0.29) is 24.8 Å². The summed E-state index contributed by atoms with van der Waals surface area (Å²) in [6, 6.07) is 13.8. The van der Waals surface area contributed by atoms with Crippen LogP contribution in [0.1, 0.15) is 129 Å². The van der Waals surface area contributed by atoms with Crippen LogP contribution in [0.25, 0.3) is 27.5 Å². The van der Waals surface area contributed by atoms with Crippen molar-refractivity contribution in [2.75, 3.05) is 0 Å². The molecule has 4 aromatic rings. The van der Waals surface area contributed by atoms with Crippen LogP contribution in [0.4, 0.5) is 0 Å². The molecule has 1 aromatic heterocycles. The normalized spacial score (nSPS) is 21.8. The van der Waals surface area contributed by atoms with Crippen molar-refractivity contribution in [2.24, 2.45) is 11.8 Å². The van der Waals surface area contributed by atoms with E-state index >= 15 is 0 Å². The average molecular weight is 773 g/mol. The summed E-state index contributed by atoms with van der Waals surface area (Å²) in [7, 11) is 0. The van der Waals surface area contributed by atoms with Gasteiger partial charge < -0.3 is 24.8 Å². The molecule has 0 spiro atoms. The van der Waals surface area contributed by atoms with E-state index in [1.165, 1.54) is 81.8 Å². The van der Waals surface area contributed by atoms with Gasteiger partial charge in [0.2, 0.25) is 0 Å². The molecule has 1 heterocycles. The molecule has 1 fully saturated rings. The van der Waals surface area contributed by atoms with Crippen LogP contribution in [0.15, 0.2) is 59.3 Å². The van der Waals surface area contributed by atoms with Crippen LogP contribution in [0.2, 0.25) is 0 Å². The van der Waals surface area contributed by atoms with Crippen LogP contribution in [-0.4, -0.2) is 3.21 Å². The summed E-state index contributed by atoms with van der Waals surface area (Å²) in [5, 5.41) is 7.17. The van der Waals surface area contributed by atoms with Crippen LogP contribution in [0.5, 0.6) is 0 Å².